The van der Waals surface area contributed by atoms with Gasteiger partial charge in [0.1, 0.15) is 0 Å². The molecule has 1 aromatic carbocycles. The SMILES string of the molecule is CC(C)CN(CC(=O)O)Cc1ccc([N+](=O)[O-])cc1. The second-order valence-electron chi connectivity index (χ2n) is 4.88. The van der Waals surface area contributed by atoms with Crippen LogP contribution in [0.25, 0.3) is 0 Å². The average Bonchev–Trinajstić information content (AvgIpc) is 2.27. The topological polar surface area (TPSA) is 83.7 Å². The van der Waals surface area contributed by atoms with Crippen LogP contribution in [0.2, 0.25) is 0 Å². The summed E-state index contributed by atoms with van der Waals surface area (Å²) >= 11 is 0. The third-order valence-electron chi connectivity index (χ3n) is 2.54. The molecule has 1 rings (SSSR count). The summed E-state index contributed by atoms with van der Waals surface area (Å²) < 4.78 is 0. The number of hydrogen-bond acceptors (Lipinski definition) is 4. The zero-order valence-electron chi connectivity index (χ0n) is 11.1. The van der Waals surface area contributed by atoms with Gasteiger partial charge in [0.25, 0.3) is 5.69 Å². The predicted octanol–water partition coefficient (Wildman–Crippen LogP) is 2.14. The molecule has 0 amide bonds. The third-order valence-corrected chi connectivity index (χ3v) is 2.54. The van der Waals surface area contributed by atoms with Crippen molar-refractivity contribution in [2.75, 3.05) is 13.1 Å². The number of nitro benzene ring substituents is 1. The zero-order chi connectivity index (χ0) is 14.4. The van der Waals surface area contributed by atoms with E-state index in [0.717, 1.165) is 5.56 Å². The van der Waals surface area contributed by atoms with Crippen LogP contribution in [0.4, 0.5) is 5.69 Å². The Labute approximate surface area is 111 Å². The Bertz CT molecular complexity index is 442. The highest BCUT2D eigenvalue weighted by Crippen LogP contribution is 2.14. The van der Waals surface area contributed by atoms with Crippen LogP contribution in [0.15, 0.2) is 24.3 Å². The Balaban J connectivity index is 2.72. The number of carboxylic acid groups (broad SMARTS) is 1. The van der Waals surface area contributed by atoms with Crippen LogP contribution in [0.1, 0.15) is 19.4 Å². The molecule has 0 spiro atoms. The van der Waals surface area contributed by atoms with Gasteiger partial charge in [-0.3, -0.25) is 19.8 Å². The van der Waals surface area contributed by atoms with Gasteiger partial charge in [-0.1, -0.05) is 26.0 Å². The monoisotopic (exact) mass is 266 g/mol. The largest absolute Gasteiger partial charge is 0.480 e. The number of rotatable bonds is 7. The highest BCUT2D eigenvalue weighted by atomic mass is 16.6. The first-order valence-corrected chi connectivity index (χ1v) is 6.06. The van der Waals surface area contributed by atoms with Crippen molar-refractivity contribution in [3.8, 4) is 0 Å². The molecule has 19 heavy (non-hydrogen) atoms. The van der Waals surface area contributed by atoms with Gasteiger partial charge in [-0.25, -0.2) is 0 Å². The van der Waals surface area contributed by atoms with Crippen molar-refractivity contribution in [3.63, 3.8) is 0 Å². The van der Waals surface area contributed by atoms with Gasteiger partial charge in [0.2, 0.25) is 0 Å². The number of nitro groups is 1. The molecule has 0 bridgehead atoms. The van der Waals surface area contributed by atoms with Gasteiger partial charge >= 0.3 is 5.97 Å². The molecule has 0 heterocycles. The van der Waals surface area contributed by atoms with Crippen LogP contribution in [0.3, 0.4) is 0 Å². The Hall–Kier alpha value is -1.95. The van der Waals surface area contributed by atoms with Crippen molar-refractivity contribution >= 4 is 11.7 Å². The number of aliphatic carboxylic acids is 1. The van der Waals surface area contributed by atoms with Gasteiger partial charge in [0.15, 0.2) is 0 Å². The predicted molar refractivity (Wildman–Crippen MR) is 70.8 cm³/mol. The lowest BCUT2D eigenvalue weighted by molar-refractivity contribution is -0.384. The molecule has 0 aliphatic carbocycles. The Morgan fingerprint density at radius 1 is 1.37 bits per heavy atom. The van der Waals surface area contributed by atoms with E-state index in [-0.39, 0.29) is 12.2 Å². The quantitative estimate of drug-likeness (QED) is 0.603. The van der Waals surface area contributed by atoms with Gasteiger partial charge < -0.3 is 5.11 Å². The van der Waals surface area contributed by atoms with Crippen LogP contribution in [0, 0.1) is 16.0 Å². The summed E-state index contributed by atoms with van der Waals surface area (Å²) in [5.74, 6) is -0.514. The highest BCUT2D eigenvalue weighted by molar-refractivity contribution is 5.69. The molecule has 0 unspecified atom stereocenters. The van der Waals surface area contributed by atoms with E-state index in [1.165, 1.54) is 12.1 Å². The molecule has 104 valence electrons. The van der Waals surface area contributed by atoms with E-state index in [0.29, 0.717) is 19.0 Å². The molecule has 0 fully saturated rings. The summed E-state index contributed by atoms with van der Waals surface area (Å²) in [7, 11) is 0. The first-order valence-electron chi connectivity index (χ1n) is 6.06. The molecule has 0 atom stereocenters. The van der Waals surface area contributed by atoms with Gasteiger partial charge in [-0.05, 0) is 11.5 Å². The van der Waals surface area contributed by atoms with Gasteiger partial charge in [0.05, 0.1) is 11.5 Å². The summed E-state index contributed by atoms with van der Waals surface area (Å²) in [5, 5.41) is 19.4. The van der Waals surface area contributed by atoms with Gasteiger partial charge in [0, 0.05) is 25.2 Å². The Kier molecular flexibility index (Phi) is 5.44. The molecule has 0 radical (unpaired) electrons. The van der Waals surface area contributed by atoms with Crippen molar-refractivity contribution in [1.29, 1.82) is 0 Å². The van der Waals surface area contributed by atoms with E-state index in [9.17, 15) is 14.9 Å². The minimum atomic E-state index is -0.873. The molecule has 0 saturated carbocycles. The molecule has 0 saturated heterocycles. The first kappa shape index (κ1) is 15.1. The maximum absolute atomic E-state index is 10.8. The van der Waals surface area contributed by atoms with Crippen LogP contribution in [-0.2, 0) is 11.3 Å². The molecule has 1 N–H and O–H groups in total. The van der Waals surface area contributed by atoms with Crippen molar-refractivity contribution in [1.82, 2.24) is 4.90 Å². The summed E-state index contributed by atoms with van der Waals surface area (Å²) in [6, 6.07) is 6.19. The fourth-order valence-electron chi connectivity index (χ4n) is 1.87. The second kappa shape index (κ2) is 6.84. The molecule has 1 aromatic rings. The summed E-state index contributed by atoms with van der Waals surface area (Å²) in [4.78, 5) is 22.7. The van der Waals surface area contributed by atoms with E-state index in [1.807, 2.05) is 18.7 Å². The maximum atomic E-state index is 10.8. The van der Waals surface area contributed by atoms with E-state index >= 15 is 0 Å². The minimum Gasteiger partial charge on any atom is -0.480 e. The van der Waals surface area contributed by atoms with Crippen LogP contribution in [-0.4, -0.2) is 34.0 Å². The lowest BCUT2D eigenvalue weighted by atomic mass is 10.1. The summed E-state index contributed by atoms with van der Waals surface area (Å²) in [6.45, 7) is 5.15. The fraction of sp³-hybridized carbons (Fsp3) is 0.462. The number of nitrogens with zero attached hydrogens (tertiary/aromatic N) is 2. The summed E-state index contributed by atoms with van der Waals surface area (Å²) in [5.41, 5.74) is 0.907. The number of benzene rings is 1. The second-order valence-corrected chi connectivity index (χ2v) is 4.88. The minimum absolute atomic E-state index is 0.0326. The molecule has 6 heteroatoms. The Morgan fingerprint density at radius 2 is 1.95 bits per heavy atom. The van der Waals surface area contributed by atoms with Gasteiger partial charge in [-0.15, -0.1) is 0 Å². The molecule has 0 aliphatic rings. The van der Waals surface area contributed by atoms with Crippen molar-refractivity contribution in [2.24, 2.45) is 5.92 Å². The highest BCUT2D eigenvalue weighted by Gasteiger charge is 2.12. The summed E-state index contributed by atoms with van der Waals surface area (Å²) in [6.07, 6.45) is 0. The zero-order valence-corrected chi connectivity index (χ0v) is 11.1. The molecule has 6 nitrogen and oxygen atoms in total. The molecule has 0 aliphatic heterocycles. The van der Waals surface area contributed by atoms with Crippen molar-refractivity contribution in [2.45, 2.75) is 20.4 Å². The first-order chi connectivity index (χ1) is 8.88. The van der Waals surface area contributed by atoms with Crippen molar-refractivity contribution in [3.05, 3.63) is 39.9 Å². The van der Waals surface area contributed by atoms with Crippen molar-refractivity contribution < 1.29 is 14.8 Å². The van der Waals surface area contributed by atoms with Gasteiger partial charge in [-0.2, -0.15) is 0 Å². The molecular formula is C13H18N2O4. The lowest BCUT2D eigenvalue weighted by Gasteiger charge is -2.22. The average molecular weight is 266 g/mol. The standard InChI is InChI=1S/C13H18N2O4/c1-10(2)7-14(9-13(16)17)8-11-3-5-12(6-4-11)15(18)19/h3-6,10H,7-9H2,1-2H3,(H,16,17). The van der Waals surface area contributed by atoms with E-state index in [2.05, 4.69) is 0 Å². The normalized spacial score (nSPS) is 10.9. The number of hydrogen-bond donors (Lipinski definition) is 1. The smallest absolute Gasteiger partial charge is 0.317 e. The van der Waals surface area contributed by atoms with Crippen LogP contribution >= 0.6 is 0 Å². The van der Waals surface area contributed by atoms with E-state index < -0.39 is 10.9 Å². The maximum Gasteiger partial charge on any atom is 0.317 e. The Morgan fingerprint density at radius 3 is 2.37 bits per heavy atom. The lowest BCUT2D eigenvalue weighted by Crippen LogP contribution is -2.32. The van der Waals surface area contributed by atoms with E-state index in [1.54, 1.807) is 12.1 Å². The van der Waals surface area contributed by atoms with Crippen LogP contribution in [0.5, 0.6) is 0 Å². The molecular weight excluding hydrogens is 248 g/mol. The number of carboxylic acids is 1. The fourth-order valence-corrected chi connectivity index (χ4v) is 1.87. The van der Waals surface area contributed by atoms with Crippen LogP contribution < -0.4 is 0 Å². The number of non-ortho nitro benzene ring substituents is 1. The van der Waals surface area contributed by atoms with E-state index in [4.69, 9.17) is 5.11 Å². The number of carbonyl (C=O) groups is 1. The molecule has 0 aromatic heterocycles. The third kappa shape index (κ3) is 5.48.